The van der Waals surface area contributed by atoms with Gasteiger partial charge in [0.05, 0.1) is 0 Å². The number of nitrogens with one attached hydrogen (secondary N) is 2. The Bertz CT molecular complexity index is 726. The molecule has 6 nitrogen and oxygen atoms in total. The van der Waals surface area contributed by atoms with Gasteiger partial charge in [-0.1, -0.05) is 0 Å². The van der Waals surface area contributed by atoms with E-state index < -0.39 is 0 Å². The van der Waals surface area contributed by atoms with E-state index in [-0.39, 0.29) is 11.1 Å². The predicted molar refractivity (Wildman–Crippen MR) is 101 cm³/mol. The number of hydrogen-bond donors (Lipinski definition) is 2. The minimum atomic E-state index is -0.0614. The Kier molecular flexibility index (Phi) is 5.49. The molecule has 0 radical (unpaired) electrons. The summed E-state index contributed by atoms with van der Waals surface area (Å²) in [5.74, 6) is 2.03. The molecule has 0 aliphatic heterocycles. The Morgan fingerprint density at radius 1 is 0.750 bits per heavy atom. The van der Waals surface area contributed by atoms with E-state index >= 15 is 0 Å². The Labute approximate surface area is 153 Å². The maximum atomic E-state index is 5.35. The van der Waals surface area contributed by atoms with Gasteiger partial charge in [-0.2, -0.15) is 10.2 Å². The van der Waals surface area contributed by atoms with Crippen LogP contribution < -0.4 is 0 Å². The zero-order valence-electron chi connectivity index (χ0n) is 15.4. The molecule has 0 fully saturated rings. The lowest BCUT2D eigenvalue weighted by Gasteiger charge is -2.23. The average Bonchev–Trinajstić information content (AvgIpc) is 2.97. The summed E-state index contributed by atoms with van der Waals surface area (Å²) in [4.78, 5) is 0. The normalized spacial score (nSPS) is 12.8. The molecule has 0 saturated heterocycles. The van der Waals surface area contributed by atoms with Gasteiger partial charge in [-0.05, 0) is 78.8 Å². The van der Waals surface area contributed by atoms with Crippen molar-refractivity contribution >= 4 is 24.4 Å². The number of aromatic nitrogens is 6. The van der Waals surface area contributed by atoms with Crippen LogP contribution in [-0.4, -0.2) is 29.5 Å². The van der Waals surface area contributed by atoms with Gasteiger partial charge in [-0.15, -0.1) is 0 Å². The third kappa shape index (κ3) is 4.22. The van der Waals surface area contributed by atoms with Crippen LogP contribution in [0.25, 0.3) is 0 Å². The van der Waals surface area contributed by atoms with Crippen molar-refractivity contribution in [2.24, 2.45) is 0 Å². The molecule has 2 aromatic heterocycles. The van der Waals surface area contributed by atoms with E-state index in [4.69, 9.17) is 24.4 Å². The highest BCUT2D eigenvalue weighted by Gasteiger charge is 2.20. The first-order valence-corrected chi connectivity index (χ1v) is 9.17. The van der Waals surface area contributed by atoms with E-state index in [0.717, 1.165) is 37.3 Å². The van der Waals surface area contributed by atoms with Crippen LogP contribution in [0.4, 0.5) is 0 Å². The second kappa shape index (κ2) is 6.92. The summed E-state index contributed by atoms with van der Waals surface area (Å²) in [5.41, 5.74) is -0.123. The molecule has 0 spiro atoms. The van der Waals surface area contributed by atoms with Crippen LogP contribution in [0.3, 0.4) is 0 Å². The highest BCUT2D eigenvalue weighted by Crippen LogP contribution is 2.20. The number of H-pyrrole nitrogens is 2. The Morgan fingerprint density at radius 2 is 1.08 bits per heavy atom. The van der Waals surface area contributed by atoms with Crippen molar-refractivity contribution in [1.82, 2.24) is 29.5 Å². The van der Waals surface area contributed by atoms with Gasteiger partial charge in [0, 0.05) is 23.9 Å². The number of unbranched alkanes of at least 4 members (excludes halogenated alkanes) is 1. The van der Waals surface area contributed by atoms with Crippen LogP contribution in [0.2, 0.25) is 0 Å². The largest absolute Gasteiger partial charge is 0.299 e. The van der Waals surface area contributed by atoms with E-state index in [1.807, 2.05) is 0 Å². The molecular weight excluding hydrogens is 340 g/mol. The van der Waals surface area contributed by atoms with Crippen LogP contribution in [0.1, 0.15) is 66.0 Å². The fraction of sp³-hybridized carbons (Fsp3) is 0.750. The minimum Gasteiger partial charge on any atom is -0.299 e. The predicted octanol–water partition coefficient (Wildman–Crippen LogP) is 4.27. The molecule has 2 heterocycles. The average molecular weight is 369 g/mol. The number of hydrogen-bond acceptors (Lipinski definition) is 4. The second-order valence-electron chi connectivity index (χ2n) is 8.11. The van der Waals surface area contributed by atoms with E-state index in [1.54, 1.807) is 0 Å². The third-order valence-corrected chi connectivity index (χ3v) is 4.42. The van der Waals surface area contributed by atoms with E-state index in [2.05, 4.69) is 71.1 Å². The van der Waals surface area contributed by atoms with Crippen LogP contribution in [-0.2, 0) is 23.9 Å². The van der Waals surface area contributed by atoms with Crippen LogP contribution in [0, 0.1) is 9.54 Å². The molecule has 2 N–H and O–H groups in total. The first kappa shape index (κ1) is 19.1. The van der Waals surface area contributed by atoms with Crippen molar-refractivity contribution in [2.75, 3.05) is 0 Å². The van der Waals surface area contributed by atoms with Gasteiger partial charge in [0.2, 0.25) is 0 Å². The van der Waals surface area contributed by atoms with E-state index in [0.29, 0.717) is 9.54 Å². The quantitative estimate of drug-likeness (QED) is 0.611. The van der Waals surface area contributed by atoms with Crippen molar-refractivity contribution in [1.29, 1.82) is 0 Å². The first-order chi connectivity index (χ1) is 11.0. The van der Waals surface area contributed by atoms with E-state index in [1.165, 1.54) is 0 Å². The van der Waals surface area contributed by atoms with Crippen molar-refractivity contribution in [3.05, 3.63) is 21.2 Å². The number of nitrogens with zero attached hydrogens (tertiary/aromatic N) is 4. The van der Waals surface area contributed by atoms with Gasteiger partial charge in [0.25, 0.3) is 0 Å². The fourth-order valence-corrected chi connectivity index (χ4v) is 3.79. The van der Waals surface area contributed by atoms with Gasteiger partial charge < -0.3 is 0 Å². The summed E-state index contributed by atoms with van der Waals surface area (Å²) in [7, 11) is 0. The Morgan fingerprint density at radius 3 is 1.38 bits per heavy atom. The summed E-state index contributed by atoms with van der Waals surface area (Å²) >= 11 is 10.7. The SMILES string of the molecule is CC(C)(C)n1c(CCCCc2n[nH]c(=S)n2C(C)(C)C)n[nH]c1=S. The zero-order chi connectivity index (χ0) is 18.1. The summed E-state index contributed by atoms with van der Waals surface area (Å²) < 4.78 is 5.58. The maximum Gasteiger partial charge on any atom is 0.195 e. The molecule has 0 unspecified atom stereocenters. The Hall–Kier alpha value is -1.28. The van der Waals surface area contributed by atoms with Gasteiger partial charge in [0.1, 0.15) is 11.6 Å². The molecule has 0 aliphatic rings. The van der Waals surface area contributed by atoms with Crippen molar-refractivity contribution in [3.8, 4) is 0 Å². The highest BCUT2D eigenvalue weighted by atomic mass is 32.1. The van der Waals surface area contributed by atoms with Gasteiger partial charge >= 0.3 is 0 Å². The van der Waals surface area contributed by atoms with Gasteiger partial charge in [-0.25, -0.2) is 0 Å². The second-order valence-corrected chi connectivity index (χ2v) is 8.88. The van der Waals surface area contributed by atoms with Gasteiger partial charge in [0.15, 0.2) is 9.54 Å². The minimum absolute atomic E-state index is 0.0614. The molecule has 0 amide bonds. The summed E-state index contributed by atoms with van der Waals surface area (Å²) in [6.45, 7) is 12.9. The lowest BCUT2D eigenvalue weighted by atomic mass is 10.1. The van der Waals surface area contributed by atoms with Crippen LogP contribution in [0.15, 0.2) is 0 Å². The number of aryl methyl sites for hydroxylation is 2. The first-order valence-electron chi connectivity index (χ1n) is 8.35. The van der Waals surface area contributed by atoms with Crippen LogP contribution in [0.5, 0.6) is 0 Å². The van der Waals surface area contributed by atoms with Crippen molar-refractivity contribution in [3.63, 3.8) is 0 Å². The third-order valence-electron chi connectivity index (χ3n) is 3.88. The molecule has 2 aromatic rings. The smallest absolute Gasteiger partial charge is 0.195 e. The van der Waals surface area contributed by atoms with Crippen molar-refractivity contribution < 1.29 is 0 Å². The van der Waals surface area contributed by atoms with Gasteiger partial charge in [-0.3, -0.25) is 19.3 Å². The summed E-state index contributed by atoms with van der Waals surface area (Å²) in [6, 6.07) is 0. The van der Waals surface area contributed by atoms with Crippen LogP contribution >= 0.6 is 24.4 Å². The molecule has 2 rings (SSSR count). The monoisotopic (exact) mass is 368 g/mol. The molecule has 8 heteroatoms. The fourth-order valence-electron chi connectivity index (χ4n) is 2.94. The summed E-state index contributed by atoms with van der Waals surface area (Å²) in [5, 5.41) is 14.6. The molecule has 134 valence electrons. The maximum absolute atomic E-state index is 5.35. The molecule has 0 aliphatic carbocycles. The Balaban J connectivity index is 2.01. The highest BCUT2D eigenvalue weighted by molar-refractivity contribution is 7.71. The molecule has 0 aromatic carbocycles. The molecular formula is C16H28N6S2. The lowest BCUT2D eigenvalue weighted by molar-refractivity contribution is 0.371. The zero-order valence-corrected chi connectivity index (χ0v) is 17.1. The number of aromatic amines is 2. The molecule has 0 atom stereocenters. The lowest BCUT2D eigenvalue weighted by Crippen LogP contribution is -2.25. The van der Waals surface area contributed by atoms with Crippen molar-refractivity contribution in [2.45, 2.75) is 78.3 Å². The summed E-state index contributed by atoms with van der Waals surface area (Å²) in [6.07, 6.45) is 3.84. The topological polar surface area (TPSA) is 67.2 Å². The van der Waals surface area contributed by atoms with E-state index in [9.17, 15) is 0 Å². The molecule has 24 heavy (non-hydrogen) atoms. The standard InChI is InChI=1S/C16H28N6S2/c1-15(2,3)21-11(17-19-13(21)23)9-7-8-10-12-18-20-14(24)22(12)16(4,5)6/h7-10H2,1-6H3,(H,19,23)(H,20,24). The molecule has 0 bridgehead atoms. The number of rotatable bonds is 5. The molecule has 0 saturated carbocycles.